The van der Waals surface area contributed by atoms with Gasteiger partial charge in [0.1, 0.15) is 12.7 Å². The second-order valence-corrected chi connectivity index (χ2v) is 5.39. The molecule has 0 aliphatic carbocycles. The number of amides is 1. The topological polar surface area (TPSA) is 84.6 Å². The molecule has 0 bridgehead atoms. The van der Waals surface area contributed by atoms with Gasteiger partial charge in [-0.25, -0.2) is 13.6 Å². The third kappa shape index (κ3) is 5.23. The molecular weight excluding hydrogens is 294 g/mol. The van der Waals surface area contributed by atoms with Gasteiger partial charge in [-0.05, 0) is 11.5 Å². The lowest BCUT2D eigenvalue weighted by Crippen LogP contribution is -2.56. The largest absolute Gasteiger partial charge is 0.445 e. The van der Waals surface area contributed by atoms with E-state index in [0.717, 1.165) is 5.56 Å². The van der Waals surface area contributed by atoms with Crippen molar-refractivity contribution >= 4 is 6.09 Å². The zero-order valence-electron chi connectivity index (χ0n) is 12.6. The van der Waals surface area contributed by atoms with Crippen LogP contribution in [0.15, 0.2) is 30.3 Å². The van der Waals surface area contributed by atoms with Crippen LogP contribution in [0.25, 0.3) is 0 Å². The quantitative estimate of drug-likeness (QED) is 0.717. The van der Waals surface area contributed by atoms with Gasteiger partial charge in [-0.3, -0.25) is 0 Å². The highest BCUT2D eigenvalue weighted by molar-refractivity contribution is 5.67. The van der Waals surface area contributed by atoms with Crippen molar-refractivity contribution in [2.75, 3.05) is 6.54 Å². The summed E-state index contributed by atoms with van der Waals surface area (Å²) in [6, 6.07) is 7.78. The fourth-order valence-corrected chi connectivity index (χ4v) is 1.89. The van der Waals surface area contributed by atoms with Crippen LogP contribution in [0, 0.1) is 5.92 Å². The Kier molecular flexibility index (Phi) is 6.70. The van der Waals surface area contributed by atoms with Crippen LogP contribution in [-0.2, 0) is 11.3 Å². The van der Waals surface area contributed by atoms with Crippen LogP contribution >= 0.6 is 0 Å². The predicted octanol–water partition coefficient (Wildman–Crippen LogP) is 1.89. The normalized spacial score (nSPS) is 14.5. The SMILES string of the molecule is CC(C)C(NC(=O)OCc1ccccc1)C(O)C(F)(F)CN. The number of rotatable bonds is 7. The maximum atomic E-state index is 13.5. The van der Waals surface area contributed by atoms with Crippen LogP contribution in [0.5, 0.6) is 0 Å². The van der Waals surface area contributed by atoms with Crippen molar-refractivity contribution in [3.63, 3.8) is 0 Å². The number of hydrogen-bond donors (Lipinski definition) is 3. The predicted molar refractivity (Wildman–Crippen MR) is 78.4 cm³/mol. The standard InChI is InChI=1S/C15H22F2N2O3/c1-10(2)12(13(20)15(16,17)9-18)19-14(21)22-8-11-6-4-3-5-7-11/h3-7,10,12-13,20H,8-9,18H2,1-2H3,(H,19,21). The van der Waals surface area contributed by atoms with Gasteiger partial charge in [0, 0.05) is 0 Å². The number of ether oxygens (including phenoxy) is 1. The molecule has 0 aliphatic heterocycles. The minimum atomic E-state index is -3.48. The molecule has 1 aromatic carbocycles. The van der Waals surface area contributed by atoms with E-state index in [4.69, 9.17) is 10.5 Å². The van der Waals surface area contributed by atoms with E-state index in [1.165, 1.54) is 0 Å². The number of carbonyl (C=O) groups excluding carboxylic acids is 1. The maximum absolute atomic E-state index is 13.5. The number of aliphatic hydroxyl groups is 1. The Morgan fingerprint density at radius 3 is 2.45 bits per heavy atom. The first-order chi connectivity index (χ1) is 10.3. The van der Waals surface area contributed by atoms with E-state index < -0.39 is 36.6 Å². The van der Waals surface area contributed by atoms with Crippen LogP contribution in [0.3, 0.4) is 0 Å². The van der Waals surface area contributed by atoms with Crippen molar-refractivity contribution in [3.05, 3.63) is 35.9 Å². The Morgan fingerprint density at radius 1 is 1.36 bits per heavy atom. The lowest BCUT2D eigenvalue weighted by atomic mass is 9.94. The highest BCUT2D eigenvalue weighted by Gasteiger charge is 2.43. The van der Waals surface area contributed by atoms with E-state index in [9.17, 15) is 18.7 Å². The summed E-state index contributed by atoms with van der Waals surface area (Å²) in [6.45, 7) is 2.23. The fraction of sp³-hybridized carbons (Fsp3) is 0.533. The van der Waals surface area contributed by atoms with Crippen molar-refractivity contribution < 1.29 is 23.4 Å². The zero-order valence-corrected chi connectivity index (χ0v) is 12.6. The van der Waals surface area contributed by atoms with E-state index in [0.29, 0.717) is 0 Å². The third-order valence-electron chi connectivity index (χ3n) is 3.26. The number of carbonyl (C=O) groups is 1. The van der Waals surface area contributed by atoms with Gasteiger partial charge in [0.2, 0.25) is 0 Å². The van der Waals surface area contributed by atoms with Crippen LogP contribution in [0.4, 0.5) is 13.6 Å². The highest BCUT2D eigenvalue weighted by Crippen LogP contribution is 2.23. The summed E-state index contributed by atoms with van der Waals surface area (Å²) < 4.78 is 31.9. The second kappa shape index (κ2) is 8.05. The number of hydrogen-bond acceptors (Lipinski definition) is 4. The number of alkyl halides is 2. The molecule has 22 heavy (non-hydrogen) atoms. The first-order valence-electron chi connectivity index (χ1n) is 7.01. The molecule has 5 nitrogen and oxygen atoms in total. The molecule has 0 heterocycles. The minimum Gasteiger partial charge on any atom is -0.445 e. The van der Waals surface area contributed by atoms with E-state index in [1.807, 2.05) is 6.07 Å². The summed E-state index contributed by atoms with van der Waals surface area (Å²) in [5.74, 6) is -3.90. The number of halogens is 2. The molecule has 2 atom stereocenters. The van der Waals surface area contributed by atoms with E-state index in [1.54, 1.807) is 38.1 Å². The third-order valence-corrected chi connectivity index (χ3v) is 3.26. The second-order valence-electron chi connectivity index (χ2n) is 5.39. The Labute approximate surface area is 128 Å². The van der Waals surface area contributed by atoms with Crippen LogP contribution in [0.1, 0.15) is 19.4 Å². The Balaban J connectivity index is 2.61. The molecule has 1 aromatic rings. The summed E-state index contributed by atoms with van der Waals surface area (Å²) in [6.07, 6.45) is -2.95. The number of nitrogens with two attached hydrogens (primary N) is 1. The van der Waals surface area contributed by atoms with Gasteiger partial charge in [0.05, 0.1) is 12.6 Å². The average Bonchev–Trinajstić information content (AvgIpc) is 2.50. The molecule has 0 spiro atoms. The summed E-state index contributed by atoms with van der Waals surface area (Å²) in [7, 11) is 0. The van der Waals surface area contributed by atoms with Crippen molar-refractivity contribution in [2.45, 2.75) is 38.5 Å². The number of nitrogens with one attached hydrogen (secondary N) is 1. The molecule has 0 aromatic heterocycles. The van der Waals surface area contributed by atoms with E-state index in [2.05, 4.69) is 5.32 Å². The van der Waals surface area contributed by atoms with Crippen molar-refractivity contribution in [3.8, 4) is 0 Å². The smallest absolute Gasteiger partial charge is 0.407 e. The van der Waals surface area contributed by atoms with Crippen molar-refractivity contribution in [1.82, 2.24) is 5.32 Å². The van der Waals surface area contributed by atoms with Gasteiger partial charge in [-0.2, -0.15) is 0 Å². The lowest BCUT2D eigenvalue weighted by Gasteiger charge is -2.31. The molecule has 7 heteroatoms. The van der Waals surface area contributed by atoms with Crippen LogP contribution in [0.2, 0.25) is 0 Å². The highest BCUT2D eigenvalue weighted by atomic mass is 19.3. The summed E-state index contributed by atoms with van der Waals surface area (Å²) >= 11 is 0. The Hall–Kier alpha value is -1.73. The Bertz CT molecular complexity index is 469. The van der Waals surface area contributed by atoms with Gasteiger partial charge in [-0.1, -0.05) is 44.2 Å². The van der Waals surface area contributed by atoms with E-state index >= 15 is 0 Å². The van der Waals surface area contributed by atoms with E-state index in [-0.39, 0.29) is 6.61 Å². The molecule has 0 aliphatic rings. The summed E-state index contributed by atoms with van der Waals surface area (Å²) in [5.41, 5.74) is 5.73. The monoisotopic (exact) mass is 316 g/mol. The van der Waals surface area contributed by atoms with Crippen molar-refractivity contribution in [2.24, 2.45) is 11.7 Å². The first kappa shape index (κ1) is 18.3. The zero-order chi connectivity index (χ0) is 16.8. The minimum absolute atomic E-state index is 0.0147. The van der Waals surface area contributed by atoms with Gasteiger partial charge >= 0.3 is 6.09 Å². The van der Waals surface area contributed by atoms with Gasteiger partial charge < -0.3 is 20.9 Å². The number of benzene rings is 1. The van der Waals surface area contributed by atoms with Crippen LogP contribution < -0.4 is 11.1 Å². The first-order valence-corrected chi connectivity index (χ1v) is 7.01. The molecule has 0 radical (unpaired) electrons. The summed E-state index contributed by atoms with van der Waals surface area (Å²) in [5, 5.41) is 12.0. The molecule has 1 rings (SSSR count). The maximum Gasteiger partial charge on any atom is 0.407 e. The Morgan fingerprint density at radius 2 is 1.95 bits per heavy atom. The molecule has 1 amide bonds. The average molecular weight is 316 g/mol. The van der Waals surface area contributed by atoms with Crippen LogP contribution in [-0.4, -0.2) is 35.8 Å². The molecule has 0 saturated heterocycles. The van der Waals surface area contributed by atoms with Gasteiger partial charge in [-0.15, -0.1) is 0 Å². The molecule has 124 valence electrons. The molecule has 0 fully saturated rings. The molecular formula is C15H22F2N2O3. The van der Waals surface area contributed by atoms with Gasteiger partial charge in [0.15, 0.2) is 0 Å². The molecule has 4 N–H and O–H groups in total. The van der Waals surface area contributed by atoms with Crippen molar-refractivity contribution in [1.29, 1.82) is 0 Å². The number of alkyl carbamates (subject to hydrolysis) is 1. The number of aliphatic hydroxyl groups excluding tert-OH is 1. The molecule has 0 saturated carbocycles. The lowest BCUT2D eigenvalue weighted by molar-refractivity contribution is -0.119. The van der Waals surface area contributed by atoms with Gasteiger partial charge in [0.25, 0.3) is 5.92 Å². The summed E-state index contributed by atoms with van der Waals surface area (Å²) in [4.78, 5) is 11.7. The molecule has 2 unspecified atom stereocenters. The fourth-order valence-electron chi connectivity index (χ4n) is 1.89.